The highest BCUT2D eigenvalue weighted by Crippen LogP contribution is 2.21. The Kier molecular flexibility index (Phi) is 3.91. The second kappa shape index (κ2) is 5.80. The number of pyridine rings is 1. The molecule has 0 saturated carbocycles. The number of esters is 1. The zero-order valence-electron chi connectivity index (χ0n) is 10.6. The first kappa shape index (κ1) is 13.5. The molecule has 0 fully saturated rings. The summed E-state index contributed by atoms with van der Waals surface area (Å²) in [6.07, 6.45) is 1.49. The molecule has 100 valence electrons. The van der Waals surface area contributed by atoms with Crippen LogP contribution in [0.15, 0.2) is 36.5 Å². The number of methoxy groups -OCH3 is 1. The number of hydrogen-bond acceptors (Lipinski definition) is 5. The van der Waals surface area contributed by atoms with Gasteiger partial charge in [0.15, 0.2) is 0 Å². The van der Waals surface area contributed by atoms with E-state index in [4.69, 9.17) is 5.26 Å². The molecule has 6 heteroatoms. The number of anilines is 2. The molecule has 1 aromatic carbocycles. The van der Waals surface area contributed by atoms with Crippen molar-refractivity contribution >= 4 is 17.5 Å². The van der Waals surface area contributed by atoms with E-state index < -0.39 is 11.8 Å². The Labute approximate surface area is 114 Å². The summed E-state index contributed by atoms with van der Waals surface area (Å²) in [4.78, 5) is 15.6. The zero-order valence-corrected chi connectivity index (χ0v) is 10.6. The van der Waals surface area contributed by atoms with Crippen molar-refractivity contribution in [2.45, 2.75) is 0 Å². The van der Waals surface area contributed by atoms with Gasteiger partial charge in [-0.05, 0) is 30.3 Å². The van der Waals surface area contributed by atoms with Crippen molar-refractivity contribution in [2.75, 3.05) is 12.4 Å². The number of nitrogens with zero attached hydrogens (tertiary/aromatic N) is 2. The number of ether oxygens (including phenoxy) is 1. The molecule has 0 bridgehead atoms. The smallest absolute Gasteiger partial charge is 0.341 e. The van der Waals surface area contributed by atoms with Crippen LogP contribution in [0.3, 0.4) is 0 Å². The Morgan fingerprint density at radius 2 is 2.25 bits per heavy atom. The molecule has 5 nitrogen and oxygen atoms in total. The van der Waals surface area contributed by atoms with E-state index in [1.807, 2.05) is 6.07 Å². The number of nitrogens with one attached hydrogen (secondary N) is 1. The maximum absolute atomic E-state index is 13.3. The van der Waals surface area contributed by atoms with Crippen LogP contribution in [0.1, 0.15) is 15.9 Å². The lowest BCUT2D eigenvalue weighted by atomic mass is 10.2. The lowest BCUT2D eigenvalue weighted by molar-refractivity contribution is 0.0601. The van der Waals surface area contributed by atoms with Gasteiger partial charge in [0.1, 0.15) is 17.2 Å². The minimum absolute atomic E-state index is 0.169. The number of carbonyl (C=O) groups excluding carboxylic acids is 1. The van der Waals surface area contributed by atoms with Gasteiger partial charge in [0.05, 0.1) is 18.7 Å². The molecule has 0 aliphatic carbocycles. The van der Waals surface area contributed by atoms with Crippen LogP contribution in [0.2, 0.25) is 0 Å². The number of hydrogen-bond donors (Lipinski definition) is 1. The van der Waals surface area contributed by atoms with Crippen LogP contribution in [-0.4, -0.2) is 18.1 Å². The van der Waals surface area contributed by atoms with Crippen molar-refractivity contribution in [2.24, 2.45) is 0 Å². The van der Waals surface area contributed by atoms with Crippen LogP contribution in [0.5, 0.6) is 0 Å². The molecule has 0 aliphatic heterocycles. The van der Waals surface area contributed by atoms with E-state index in [1.54, 1.807) is 6.07 Å². The van der Waals surface area contributed by atoms with Gasteiger partial charge in [0.25, 0.3) is 0 Å². The Bertz CT molecular complexity index is 695. The monoisotopic (exact) mass is 271 g/mol. The van der Waals surface area contributed by atoms with E-state index in [9.17, 15) is 9.18 Å². The lowest BCUT2D eigenvalue weighted by Crippen LogP contribution is -2.07. The standard InChI is InChI=1S/C14H10FN3O2/c1-20-14(19)12-3-2-4-17-13(12)18-11-6-9(8-16)5-10(15)7-11/h2-7H,1H3,(H,17,18). The third-order valence-corrected chi connectivity index (χ3v) is 2.50. The Morgan fingerprint density at radius 3 is 2.95 bits per heavy atom. The predicted octanol–water partition coefficient (Wildman–Crippen LogP) is 2.62. The van der Waals surface area contributed by atoms with Crippen LogP contribution < -0.4 is 5.32 Å². The highest BCUT2D eigenvalue weighted by atomic mass is 19.1. The minimum Gasteiger partial charge on any atom is -0.465 e. The van der Waals surface area contributed by atoms with Gasteiger partial charge in [-0.25, -0.2) is 14.2 Å². The van der Waals surface area contributed by atoms with Gasteiger partial charge < -0.3 is 10.1 Å². The summed E-state index contributed by atoms with van der Waals surface area (Å²) in [6, 6.07) is 8.75. The number of carbonyl (C=O) groups is 1. The van der Waals surface area contributed by atoms with Crippen LogP contribution in [-0.2, 0) is 4.74 Å². The van der Waals surface area contributed by atoms with Gasteiger partial charge in [-0.1, -0.05) is 0 Å². The lowest BCUT2D eigenvalue weighted by Gasteiger charge is -2.09. The van der Waals surface area contributed by atoms with E-state index in [-0.39, 0.29) is 16.9 Å². The normalized spacial score (nSPS) is 9.65. The van der Waals surface area contributed by atoms with Gasteiger partial charge >= 0.3 is 5.97 Å². The number of rotatable bonds is 3. The fourth-order valence-corrected chi connectivity index (χ4v) is 1.64. The van der Waals surface area contributed by atoms with Gasteiger partial charge in [0, 0.05) is 11.9 Å². The van der Waals surface area contributed by atoms with E-state index in [1.165, 1.54) is 31.5 Å². The van der Waals surface area contributed by atoms with E-state index >= 15 is 0 Å². The zero-order chi connectivity index (χ0) is 14.5. The molecule has 0 atom stereocenters. The average Bonchev–Trinajstić information content (AvgIpc) is 2.46. The van der Waals surface area contributed by atoms with Crippen LogP contribution >= 0.6 is 0 Å². The molecular weight excluding hydrogens is 261 g/mol. The highest BCUT2D eigenvalue weighted by molar-refractivity contribution is 5.95. The molecule has 0 aliphatic rings. The first-order chi connectivity index (χ1) is 9.63. The van der Waals surface area contributed by atoms with Crippen LogP contribution in [0, 0.1) is 17.1 Å². The predicted molar refractivity (Wildman–Crippen MR) is 70.0 cm³/mol. The molecular formula is C14H10FN3O2. The SMILES string of the molecule is COC(=O)c1cccnc1Nc1cc(F)cc(C#N)c1. The minimum atomic E-state index is -0.558. The second-order valence-corrected chi connectivity index (χ2v) is 3.86. The van der Waals surface area contributed by atoms with Gasteiger partial charge in [-0.15, -0.1) is 0 Å². The Hall–Kier alpha value is -2.94. The summed E-state index contributed by atoms with van der Waals surface area (Å²) >= 11 is 0. The molecule has 0 amide bonds. The third-order valence-electron chi connectivity index (χ3n) is 2.50. The maximum Gasteiger partial charge on any atom is 0.341 e. The van der Waals surface area contributed by atoms with Crippen molar-refractivity contribution in [3.63, 3.8) is 0 Å². The van der Waals surface area contributed by atoms with Gasteiger partial charge in [-0.3, -0.25) is 0 Å². The topological polar surface area (TPSA) is 75.0 Å². The Balaban J connectivity index is 2.38. The number of benzene rings is 1. The summed E-state index contributed by atoms with van der Waals surface area (Å²) in [5.74, 6) is -0.881. The number of aromatic nitrogens is 1. The summed E-state index contributed by atoms with van der Waals surface area (Å²) in [7, 11) is 1.26. The van der Waals surface area contributed by atoms with Crippen LogP contribution in [0.25, 0.3) is 0 Å². The molecule has 0 spiro atoms. The fraction of sp³-hybridized carbons (Fsp3) is 0.0714. The van der Waals surface area contributed by atoms with E-state index in [0.29, 0.717) is 5.69 Å². The summed E-state index contributed by atoms with van der Waals surface area (Å²) in [5.41, 5.74) is 0.714. The molecule has 0 saturated heterocycles. The highest BCUT2D eigenvalue weighted by Gasteiger charge is 2.13. The molecule has 1 aromatic heterocycles. The van der Waals surface area contributed by atoms with E-state index in [0.717, 1.165) is 6.07 Å². The van der Waals surface area contributed by atoms with Crippen molar-refractivity contribution in [1.82, 2.24) is 4.98 Å². The first-order valence-corrected chi connectivity index (χ1v) is 5.65. The molecule has 20 heavy (non-hydrogen) atoms. The quantitative estimate of drug-likeness (QED) is 0.868. The molecule has 1 N–H and O–H groups in total. The molecule has 2 aromatic rings. The van der Waals surface area contributed by atoms with E-state index in [2.05, 4.69) is 15.0 Å². The van der Waals surface area contributed by atoms with Crippen molar-refractivity contribution in [3.05, 3.63) is 53.5 Å². The molecule has 0 radical (unpaired) electrons. The molecule has 2 rings (SSSR count). The number of halogens is 1. The van der Waals surface area contributed by atoms with Crippen molar-refractivity contribution < 1.29 is 13.9 Å². The van der Waals surface area contributed by atoms with Gasteiger partial charge in [0.2, 0.25) is 0 Å². The molecule has 0 unspecified atom stereocenters. The average molecular weight is 271 g/mol. The summed E-state index contributed by atoms with van der Waals surface area (Å²) in [6.45, 7) is 0. The summed E-state index contributed by atoms with van der Waals surface area (Å²) in [5, 5.41) is 11.6. The Morgan fingerprint density at radius 1 is 1.45 bits per heavy atom. The summed E-state index contributed by atoms with van der Waals surface area (Å²) < 4.78 is 18.0. The van der Waals surface area contributed by atoms with Crippen molar-refractivity contribution in [3.8, 4) is 6.07 Å². The third kappa shape index (κ3) is 2.90. The largest absolute Gasteiger partial charge is 0.465 e. The van der Waals surface area contributed by atoms with Gasteiger partial charge in [-0.2, -0.15) is 5.26 Å². The van der Waals surface area contributed by atoms with Crippen molar-refractivity contribution in [1.29, 1.82) is 5.26 Å². The maximum atomic E-state index is 13.3. The first-order valence-electron chi connectivity index (χ1n) is 5.65. The van der Waals surface area contributed by atoms with Crippen LogP contribution in [0.4, 0.5) is 15.9 Å². The fourth-order valence-electron chi connectivity index (χ4n) is 1.64. The second-order valence-electron chi connectivity index (χ2n) is 3.86. The number of nitriles is 1. The molecule has 1 heterocycles.